The third-order valence-electron chi connectivity index (χ3n) is 3.51. The Bertz CT molecular complexity index is 420. The van der Waals surface area contributed by atoms with E-state index in [0.29, 0.717) is 12.5 Å². The molecule has 0 saturated heterocycles. The highest BCUT2D eigenvalue weighted by atomic mass is 16.5. The molecule has 0 radical (unpaired) electrons. The topological polar surface area (TPSA) is 62.7 Å². The lowest BCUT2D eigenvalue weighted by Crippen LogP contribution is -2.37. The standard InChI is InChI=1S/C14H20N2O3/c1-16(9-12(17)10-5-6-10)13(14(18)19-2)11-4-3-7-15-8-11/h3-4,7-8,10,12-13,17H,5-6,9H2,1-2H3. The van der Waals surface area contributed by atoms with Gasteiger partial charge in [-0.2, -0.15) is 0 Å². The van der Waals surface area contributed by atoms with Gasteiger partial charge in [-0.15, -0.1) is 0 Å². The molecule has 1 heterocycles. The molecule has 0 bridgehead atoms. The zero-order valence-corrected chi connectivity index (χ0v) is 11.3. The van der Waals surface area contributed by atoms with Crippen molar-refractivity contribution in [2.24, 2.45) is 5.92 Å². The summed E-state index contributed by atoms with van der Waals surface area (Å²) in [4.78, 5) is 17.8. The Morgan fingerprint density at radius 2 is 2.37 bits per heavy atom. The number of likely N-dealkylation sites (N-methyl/N-ethyl adjacent to an activating group) is 1. The van der Waals surface area contributed by atoms with Gasteiger partial charge in [-0.05, 0) is 37.4 Å². The van der Waals surface area contributed by atoms with Crippen LogP contribution in [0.1, 0.15) is 24.4 Å². The van der Waals surface area contributed by atoms with E-state index in [9.17, 15) is 9.90 Å². The van der Waals surface area contributed by atoms with Gasteiger partial charge < -0.3 is 9.84 Å². The maximum Gasteiger partial charge on any atom is 0.327 e. The van der Waals surface area contributed by atoms with Crippen molar-refractivity contribution in [2.45, 2.75) is 25.0 Å². The zero-order chi connectivity index (χ0) is 13.8. The van der Waals surface area contributed by atoms with E-state index in [4.69, 9.17) is 4.74 Å². The van der Waals surface area contributed by atoms with E-state index >= 15 is 0 Å². The Morgan fingerprint density at radius 3 is 2.89 bits per heavy atom. The predicted octanol–water partition coefficient (Wildman–Crippen LogP) is 0.998. The number of aromatic nitrogens is 1. The number of aliphatic hydroxyl groups is 1. The minimum Gasteiger partial charge on any atom is -0.468 e. The van der Waals surface area contributed by atoms with E-state index < -0.39 is 6.04 Å². The zero-order valence-electron chi connectivity index (χ0n) is 11.3. The predicted molar refractivity (Wildman–Crippen MR) is 70.4 cm³/mol. The SMILES string of the molecule is COC(=O)C(c1cccnc1)N(C)CC(O)C1CC1. The van der Waals surface area contributed by atoms with E-state index in [2.05, 4.69) is 4.98 Å². The maximum absolute atomic E-state index is 11.9. The van der Waals surface area contributed by atoms with Crippen LogP contribution in [0.15, 0.2) is 24.5 Å². The van der Waals surface area contributed by atoms with Gasteiger partial charge >= 0.3 is 5.97 Å². The van der Waals surface area contributed by atoms with Crippen LogP contribution in [-0.4, -0.2) is 47.8 Å². The summed E-state index contributed by atoms with van der Waals surface area (Å²) >= 11 is 0. The van der Waals surface area contributed by atoms with Crippen molar-refractivity contribution in [2.75, 3.05) is 20.7 Å². The number of methoxy groups -OCH3 is 1. The van der Waals surface area contributed by atoms with Gasteiger partial charge in [-0.1, -0.05) is 6.07 Å². The van der Waals surface area contributed by atoms with E-state index in [0.717, 1.165) is 18.4 Å². The number of carbonyl (C=O) groups excluding carboxylic acids is 1. The smallest absolute Gasteiger partial charge is 0.327 e. The Labute approximate surface area is 113 Å². The molecule has 1 fully saturated rings. The van der Waals surface area contributed by atoms with Crippen molar-refractivity contribution < 1.29 is 14.6 Å². The van der Waals surface area contributed by atoms with Crippen molar-refractivity contribution in [3.8, 4) is 0 Å². The van der Waals surface area contributed by atoms with Crippen LogP contribution >= 0.6 is 0 Å². The number of hydrogen-bond acceptors (Lipinski definition) is 5. The minimum absolute atomic E-state index is 0.335. The summed E-state index contributed by atoms with van der Waals surface area (Å²) < 4.78 is 4.86. The normalized spacial score (nSPS) is 18.1. The lowest BCUT2D eigenvalue weighted by Gasteiger charge is -2.27. The summed E-state index contributed by atoms with van der Waals surface area (Å²) in [6.07, 6.45) is 5.09. The van der Waals surface area contributed by atoms with Crippen LogP contribution in [0.4, 0.5) is 0 Å². The van der Waals surface area contributed by atoms with Crippen LogP contribution in [0.25, 0.3) is 0 Å². The molecule has 1 aliphatic rings. The molecule has 2 atom stereocenters. The summed E-state index contributed by atoms with van der Waals surface area (Å²) in [5, 5.41) is 10.0. The number of aliphatic hydroxyl groups excluding tert-OH is 1. The molecule has 0 aromatic carbocycles. The van der Waals surface area contributed by atoms with Crippen molar-refractivity contribution >= 4 is 5.97 Å². The molecule has 1 N–H and O–H groups in total. The van der Waals surface area contributed by atoms with Gasteiger partial charge in [0, 0.05) is 18.9 Å². The summed E-state index contributed by atoms with van der Waals surface area (Å²) in [6, 6.07) is 3.11. The second-order valence-electron chi connectivity index (χ2n) is 5.06. The van der Waals surface area contributed by atoms with Gasteiger partial charge in [-0.3, -0.25) is 9.88 Å². The molecule has 0 spiro atoms. The van der Waals surface area contributed by atoms with E-state index in [1.807, 2.05) is 18.0 Å². The van der Waals surface area contributed by atoms with E-state index in [1.165, 1.54) is 7.11 Å². The van der Waals surface area contributed by atoms with Crippen LogP contribution in [0.2, 0.25) is 0 Å². The molecule has 0 amide bonds. The van der Waals surface area contributed by atoms with Gasteiger partial charge in [0.2, 0.25) is 0 Å². The van der Waals surface area contributed by atoms with Crippen molar-refractivity contribution in [3.05, 3.63) is 30.1 Å². The van der Waals surface area contributed by atoms with Crippen molar-refractivity contribution in [3.63, 3.8) is 0 Å². The lowest BCUT2D eigenvalue weighted by molar-refractivity contribution is -0.147. The summed E-state index contributed by atoms with van der Waals surface area (Å²) in [5.74, 6) is 0.0492. The quantitative estimate of drug-likeness (QED) is 0.777. The highest BCUT2D eigenvalue weighted by molar-refractivity contribution is 5.77. The van der Waals surface area contributed by atoms with Gasteiger partial charge in [0.1, 0.15) is 6.04 Å². The van der Waals surface area contributed by atoms with Crippen LogP contribution in [-0.2, 0) is 9.53 Å². The highest BCUT2D eigenvalue weighted by Crippen LogP contribution is 2.33. The number of carbonyl (C=O) groups is 1. The third-order valence-corrected chi connectivity index (χ3v) is 3.51. The molecule has 1 aromatic rings. The first-order valence-electron chi connectivity index (χ1n) is 6.49. The first kappa shape index (κ1) is 14.0. The summed E-state index contributed by atoms with van der Waals surface area (Å²) in [7, 11) is 3.19. The molecule has 5 heteroatoms. The first-order chi connectivity index (χ1) is 9.13. The molecule has 104 valence electrons. The number of hydrogen-bond donors (Lipinski definition) is 1. The Morgan fingerprint density at radius 1 is 1.63 bits per heavy atom. The van der Waals surface area contributed by atoms with Gasteiger partial charge in [0.25, 0.3) is 0 Å². The fraction of sp³-hybridized carbons (Fsp3) is 0.571. The number of rotatable bonds is 6. The maximum atomic E-state index is 11.9. The summed E-state index contributed by atoms with van der Waals surface area (Å²) in [6.45, 7) is 0.458. The molecule has 2 unspecified atom stereocenters. The number of nitrogens with zero attached hydrogens (tertiary/aromatic N) is 2. The van der Waals surface area contributed by atoms with E-state index in [-0.39, 0.29) is 12.1 Å². The first-order valence-corrected chi connectivity index (χ1v) is 6.49. The van der Waals surface area contributed by atoms with Gasteiger partial charge in [-0.25, -0.2) is 4.79 Å². The number of esters is 1. The van der Waals surface area contributed by atoms with E-state index in [1.54, 1.807) is 18.5 Å². The molecule has 2 rings (SSSR count). The average molecular weight is 264 g/mol. The second kappa shape index (κ2) is 6.12. The lowest BCUT2D eigenvalue weighted by atomic mass is 10.1. The second-order valence-corrected chi connectivity index (χ2v) is 5.06. The molecule has 19 heavy (non-hydrogen) atoms. The fourth-order valence-corrected chi connectivity index (χ4v) is 2.25. The average Bonchev–Trinajstić information content (AvgIpc) is 3.24. The monoisotopic (exact) mass is 264 g/mol. The third kappa shape index (κ3) is 3.52. The molecule has 1 aliphatic carbocycles. The molecular weight excluding hydrogens is 244 g/mol. The largest absolute Gasteiger partial charge is 0.468 e. The Kier molecular flexibility index (Phi) is 4.50. The van der Waals surface area contributed by atoms with Crippen molar-refractivity contribution in [1.82, 2.24) is 9.88 Å². The summed E-state index contributed by atoms with van der Waals surface area (Å²) in [5.41, 5.74) is 0.778. The van der Waals surface area contributed by atoms with Crippen LogP contribution < -0.4 is 0 Å². The molecular formula is C14H20N2O3. The van der Waals surface area contributed by atoms with Crippen LogP contribution in [0, 0.1) is 5.92 Å². The van der Waals surface area contributed by atoms with Gasteiger partial charge in [0.05, 0.1) is 13.2 Å². The van der Waals surface area contributed by atoms with Crippen LogP contribution in [0.5, 0.6) is 0 Å². The minimum atomic E-state index is -0.521. The van der Waals surface area contributed by atoms with Crippen LogP contribution in [0.3, 0.4) is 0 Å². The number of pyridine rings is 1. The fourth-order valence-electron chi connectivity index (χ4n) is 2.25. The van der Waals surface area contributed by atoms with Gasteiger partial charge in [0.15, 0.2) is 0 Å². The Hall–Kier alpha value is -1.46. The highest BCUT2D eigenvalue weighted by Gasteiger charge is 2.34. The molecule has 0 aliphatic heterocycles. The molecule has 1 aromatic heterocycles. The number of ether oxygens (including phenoxy) is 1. The van der Waals surface area contributed by atoms with Crippen molar-refractivity contribution in [1.29, 1.82) is 0 Å². The molecule has 5 nitrogen and oxygen atoms in total. The Balaban J connectivity index is 2.10. The molecule has 1 saturated carbocycles.